The highest BCUT2D eigenvalue weighted by Crippen LogP contribution is 2.20. The van der Waals surface area contributed by atoms with Gasteiger partial charge in [0.05, 0.1) is 23.9 Å². The summed E-state index contributed by atoms with van der Waals surface area (Å²) in [5, 5.41) is 0. The van der Waals surface area contributed by atoms with E-state index >= 15 is 0 Å². The Morgan fingerprint density at radius 2 is 1.96 bits per heavy atom. The Bertz CT molecular complexity index is 879. The number of rotatable bonds is 5. The largest absolute Gasteiger partial charge is 0.443 e. The molecule has 0 atom stereocenters. The highest BCUT2D eigenvalue weighted by atomic mass is 16.5. The van der Waals surface area contributed by atoms with E-state index in [1.807, 2.05) is 12.1 Å². The molecule has 2 aromatic rings. The molecule has 0 radical (unpaired) electrons. The molecule has 1 aliphatic heterocycles. The second-order valence-electron chi connectivity index (χ2n) is 7.62. The molecule has 0 bridgehead atoms. The molecule has 0 unspecified atom stereocenters. The van der Waals surface area contributed by atoms with Crippen LogP contribution in [0.25, 0.3) is 0 Å². The minimum absolute atomic E-state index is 0.0814. The van der Waals surface area contributed by atoms with Crippen LogP contribution < -0.4 is 0 Å². The van der Waals surface area contributed by atoms with Crippen LogP contribution in [0.2, 0.25) is 0 Å². The van der Waals surface area contributed by atoms with Gasteiger partial charge in [0.15, 0.2) is 6.73 Å². The predicted octanol–water partition coefficient (Wildman–Crippen LogP) is 2.20. The molecule has 3 rings (SSSR count). The van der Waals surface area contributed by atoms with Crippen LogP contribution in [0.1, 0.15) is 42.4 Å². The van der Waals surface area contributed by atoms with Crippen molar-refractivity contribution in [2.45, 2.75) is 40.3 Å². The monoisotopic (exact) mass is 369 g/mol. The lowest BCUT2D eigenvalue weighted by Crippen LogP contribution is -2.43. The van der Waals surface area contributed by atoms with Gasteiger partial charge in [-0.25, -0.2) is 4.98 Å². The highest BCUT2D eigenvalue weighted by molar-refractivity contribution is 6.09. The number of hydrogen-bond acceptors (Lipinski definition) is 5. The summed E-state index contributed by atoms with van der Waals surface area (Å²) in [5.41, 5.74) is 1.51. The first-order valence-electron chi connectivity index (χ1n) is 8.86. The van der Waals surface area contributed by atoms with Gasteiger partial charge in [-0.05, 0) is 32.4 Å². The minimum atomic E-state index is -0.561. The summed E-state index contributed by atoms with van der Waals surface area (Å²) >= 11 is 0. The van der Waals surface area contributed by atoms with Crippen LogP contribution in [0.4, 0.5) is 0 Å². The normalized spacial score (nSPS) is 14.3. The van der Waals surface area contributed by atoms with Gasteiger partial charge < -0.3 is 9.30 Å². The van der Waals surface area contributed by atoms with Gasteiger partial charge >= 0.3 is 5.97 Å². The molecular formula is C20H23N3O4. The third-order valence-corrected chi connectivity index (χ3v) is 4.37. The second kappa shape index (κ2) is 7.34. The molecule has 142 valence electrons. The van der Waals surface area contributed by atoms with E-state index in [0.29, 0.717) is 12.0 Å². The van der Waals surface area contributed by atoms with E-state index in [1.165, 1.54) is 4.90 Å². The molecule has 1 aliphatic rings. The average Bonchev–Trinajstić information content (AvgIpc) is 3.06. The molecular weight excluding hydrogens is 346 g/mol. The van der Waals surface area contributed by atoms with Crippen molar-refractivity contribution in [1.82, 2.24) is 14.5 Å². The van der Waals surface area contributed by atoms with Crippen LogP contribution in [-0.4, -0.2) is 38.8 Å². The minimum Gasteiger partial charge on any atom is -0.443 e. The second-order valence-corrected chi connectivity index (χ2v) is 7.62. The first-order chi connectivity index (χ1) is 12.8. The molecule has 7 nitrogen and oxygen atoms in total. The number of nitrogens with zero attached hydrogens (tertiary/aromatic N) is 3. The Morgan fingerprint density at radius 3 is 2.70 bits per heavy atom. The van der Waals surface area contributed by atoms with Gasteiger partial charge in [0, 0.05) is 24.7 Å². The standard InChI is InChI=1S/C20H23N3O4/c1-20(2,3)19(26)27-13-22-11-15(21-12-22)8-9-23-17(24)10-14-6-4-5-7-16(14)18(23)25/h4-7,11-12H,8-10,13H2,1-3H3. The van der Waals surface area contributed by atoms with Gasteiger partial charge in [0.25, 0.3) is 5.91 Å². The zero-order valence-corrected chi connectivity index (χ0v) is 15.8. The number of imide groups is 1. The van der Waals surface area contributed by atoms with Crippen molar-refractivity contribution in [1.29, 1.82) is 0 Å². The van der Waals surface area contributed by atoms with Crippen LogP contribution in [-0.2, 0) is 33.9 Å². The number of amides is 2. The topological polar surface area (TPSA) is 81.5 Å². The first kappa shape index (κ1) is 18.8. The zero-order valence-electron chi connectivity index (χ0n) is 15.8. The molecule has 1 aromatic heterocycles. The average molecular weight is 369 g/mol. The SMILES string of the molecule is CC(C)(C)C(=O)OCn1cnc(CCN2C(=O)Cc3ccccc3C2=O)c1. The van der Waals surface area contributed by atoms with Gasteiger partial charge in [0.1, 0.15) is 0 Å². The van der Waals surface area contributed by atoms with Gasteiger partial charge in [-0.3, -0.25) is 19.3 Å². The zero-order chi connectivity index (χ0) is 19.6. The third-order valence-electron chi connectivity index (χ3n) is 4.37. The molecule has 2 amide bonds. The van der Waals surface area contributed by atoms with Crippen molar-refractivity contribution < 1.29 is 19.1 Å². The van der Waals surface area contributed by atoms with E-state index in [4.69, 9.17) is 4.74 Å². The smallest absolute Gasteiger partial charge is 0.312 e. The summed E-state index contributed by atoms with van der Waals surface area (Å²) in [6.07, 6.45) is 4.00. The van der Waals surface area contributed by atoms with Crippen LogP contribution in [0.15, 0.2) is 36.8 Å². The maximum absolute atomic E-state index is 12.5. The Kier molecular flexibility index (Phi) is 5.12. The number of ether oxygens (including phenoxy) is 1. The number of aromatic nitrogens is 2. The Hall–Kier alpha value is -2.96. The Morgan fingerprint density at radius 1 is 1.22 bits per heavy atom. The molecule has 0 spiro atoms. The lowest BCUT2D eigenvalue weighted by atomic mass is 9.98. The van der Waals surface area contributed by atoms with E-state index in [2.05, 4.69) is 4.98 Å². The summed E-state index contributed by atoms with van der Waals surface area (Å²) in [6, 6.07) is 7.18. The predicted molar refractivity (Wildman–Crippen MR) is 97.7 cm³/mol. The quantitative estimate of drug-likeness (QED) is 0.596. The fourth-order valence-corrected chi connectivity index (χ4v) is 2.81. The summed E-state index contributed by atoms with van der Waals surface area (Å²) in [7, 11) is 0. The van der Waals surface area contributed by atoms with Crippen LogP contribution in [0.3, 0.4) is 0 Å². The number of imidazole rings is 1. The number of hydrogen-bond donors (Lipinski definition) is 0. The number of carbonyl (C=O) groups excluding carboxylic acids is 3. The van der Waals surface area contributed by atoms with Crippen molar-refractivity contribution in [3.8, 4) is 0 Å². The molecule has 27 heavy (non-hydrogen) atoms. The first-order valence-corrected chi connectivity index (χ1v) is 8.86. The molecule has 0 fully saturated rings. The highest BCUT2D eigenvalue weighted by Gasteiger charge is 2.30. The van der Waals surface area contributed by atoms with Gasteiger partial charge in [-0.2, -0.15) is 0 Å². The molecule has 2 heterocycles. The Balaban J connectivity index is 1.58. The van der Waals surface area contributed by atoms with Crippen LogP contribution in [0, 0.1) is 5.41 Å². The maximum Gasteiger partial charge on any atom is 0.312 e. The summed E-state index contributed by atoms with van der Waals surface area (Å²) in [5.74, 6) is -0.751. The molecule has 0 saturated heterocycles. The van der Waals surface area contributed by atoms with Gasteiger partial charge in [-0.1, -0.05) is 18.2 Å². The third kappa shape index (κ3) is 4.24. The van der Waals surface area contributed by atoms with E-state index in [9.17, 15) is 14.4 Å². The van der Waals surface area contributed by atoms with Gasteiger partial charge in [0.2, 0.25) is 5.91 Å². The molecule has 0 saturated carbocycles. The summed E-state index contributed by atoms with van der Waals surface area (Å²) in [6.45, 7) is 5.72. The fourth-order valence-electron chi connectivity index (χ4n) is 2.81. The van der Waals surface area contributed by atoms with E-state index in [0.717, 1.165) is 11.3 Å². The maximum atomic E-state index is 12.5. The number of carbonyl (C=O) groups is 3. The van der Waals surface area contributed by atoms with Crippen LogP contribution in [0.5, 0.6) is 0 Å². The number of esters is 1. The van der Waals surface area contributed by atoms with Gasteiger partial charge in [-0.15, -0.1) is 0 Å². The molecule has 1 aromatic carbocycles. The molecule has 0 N–H and O–H groups in total. The lowest BCUT2D eigenvalue weighted by molar-refractivity contribution is -0.157. The van der Waals surface area contributed by atoms with E-state index < -0.39 is 5.41 Å². The van der Waals surface area contributed by atoms with Crippen molar-refractivity contribution >= 4 is 17.8 Å². The molecule has 7 heteroatoms. The van der Waals surface area contributed by atoms with Crippen LogP contribution >= 0.6 is 0 Å². The number of fused-ring (bicyclic) bond motifs is 1. The van der Waals surface area contributed by atoms with Crippen molar-refractivity contribution in [3.05, 3.63) is 53.6 Å². The fraction of sp³-hybridized carbons (Fsp3) is 0.400. The number of benzene rings is 1. The summed E-state index contributed by atoms with van der Waals surface area (Å²) in [4.78, 5) is 42.2. The molecule has 0 aliphatic carbocycles. The van der Waals surface area contributed by atoms with E-state index in [-0.39, 0.29) is 37.5 Å². The van der Waals surface area contributed by atoms with E-state index in [1.54, 1.807) is 50.0 Å². The summed E-state index contributed by atoms with van der Waals surface area (Å²) < 4.78 is 6.90. The van der Waals surface area contributed by atoms with Crippen molar-refractivity contribution in [3.63, 3.8) is 0 Å². The lowest BCUT2D eigenvalue weighted by Gasteiger charge is -2.26. The Labute approximate surface area is 157 Å². The van der Waals surface area contributed by atoms with Crippen molar-refractivity contribution in [2.75, 3.05) is 6.54 Å². The van der Waals surface area contributed by atoms with Crippen molar-refractivity contribution in [2.24, 2.45) is 5.41 Å².